The van der Waals surface area contributed by atoms with Gasteiger partial charge in [0.05, 0.1) is 6.10 Å². The van der Waals surface area contributed by atoms with Crippen LogP contribution in [0, 0.1) is 0 Å². The molecule has 1 N–H and O–H groups in total. The SMILES string of the molecule is CC(O)c1cccc(OCc2noc(-c3cccc(Cl)c3)n2)c1. The van der Waals surface area contributed by atoms with Crippen LogP contribution in [0.5, 0.6) is 5.75 Å². The third-order valence-electron chi connectivity index (χ3n) is 3.25. The number of hydrogen-bond donors (Lipinski definition) is 1. The Morgan fingerprint density at radius 3 is 2.83 bits per heavy atom. The Hall–Kier alpha value is -2.37. The first-order valence-electron chi connectivity index (χ1n) is 7.11. The van der Waals surface area contributed by atoms with Crippen molar-refractivity contribution in [3.05, 3.63) is 64.9 Å². The number of aliphatic hydroxyl groups is 1. The molecule has 5 nitrogen and oxygen atoms in total. The molecular weight excluding hydrogens is 316 g/mol. The molecule has 23 heavy (non-hydrogen) atoms. The van der Waals surface area contributed by atoms with Crippen molar-refractivity contribution < 1.29 is 14.4 Å². The van der Waals surface area contributed by atoms with E-state index in [1.54, 1.807) is 25.1 Å². The van der Waals surface area contributed by atoms with Gasteiger partial charge in [0.15, 0.2) is 6.61 Å². The highest BCUT2D eigenvalue weighted by atomic mass is 35.5. The molecule has 0 aliphatic rings. The average molecular weight is 331 g/mol. The standard InChI is InChI=1S/C17H15ClN2O3/c1-11(21)12-4-3-7-15(9-12)22-10-16-19-17(23-20-16)13-5-2-6-14(18)8-13/h2-9,11,21H,10H2,1H3. The highest BCUT2D eigenvalue weighted by Gasteiger charge is 2.10. The van der Waals surface area contributed by atoms with E-state index in [-0.39, 0.29) is 6.61 Å². The summed E-state index contributed by atoms with van der Waals surface area (Å²) in [5.41, 5.74) is 1.54. The number of nitrogens with zero attached hydrogens (tertiary/aromatic N) is 2. The van der Waals surface area contributed by atoms with Gasteiger partial charge in [-0.15, -0.1) is 0 Å². The van der Waals surface area contributed by atoms with E-state index in [9.17, 15) is 5.11 Å². The number of benzene rings is 2. The van der Waals surface area contributed by atoms with Gasteiger partial charge in [-0.25, -0.2) is 0 Å². The minimum atomic E-state index is -0.543. The quantitative estimate of drug-likeness (QED) is 0.765. The predicted octanol–water partition coefficient (Wildman–Crippen LogP) is 4.02. The monoisotopic (exact) mass is 330 g/mol. The van der Waals surface area contributed by atoms with Crippen LogP contribution in [0.15, 0.2) is 53.1 Å². The van der Waals surface area contributed by atoms with Gasteiger partial charge in [0, 0.05) is 10.6 Å². The molecule has 1 atom stereocenters. The number of aromatic nitrogens is 2. The van der Waals surface area contributed by atoms with Crippen LogP contribution >= 0.6 is 11.6 Å². The Morgan fingerprint density at radius 2 is 2.04 bits per heavy atom. The fourth-order valence-electron chi connectivity index (χ4n) is 2.06. The van der Waals surface area contributed by atoms with Crippen molar-refractivity contribution in [2.45, 2.75) is 19.6 Å². The zero-order chi connectivity index (χ0) is 16.2. The van der Waals surface area contributed by atoms with Crippen LogP contribution in [0.2, 0.25) is 5.02 Å². The fraction of sp³-hybridized carbons (Fsp3) is 0.176. The van der Waals surface area contributed by atoms with Crippen LogP contribution in [0.1, 0.15) is 24.4 Å². The molecule has 1 aromatic heterocycles. The van der Waals surface area contributed by atoms with Crippen LogP contribution in [-0.2, 0) is 6.61 Å². The second kappa shape index (κ2) is 6.81. The molecule has 0 amide bonds. The van der Waals surface area contributed by atoms with E-state index < -0.39 is 6.10 Å². The molecule has 1 unspecified atom stereocenters. The van der Waals surface area contributed by atoms with E-state index in [0.29, 0.717) is 22.5 Å². The first-order chi connectivity index (χ1) is 11.1. The molecule has 0 aliphatic carbocycles. The molecule has 0 spiro atoms. The third kappa shape index (κ3) is 3.88. The Labute approximate surface area is 138 Å². The summed E-state index contributed by atoms with van der Waals surface area (Å²) in [5.74, 6) is 1.46. The molecule has 0 bridgehead atoms. The Balaban J connectivity index is 1.69. The smallest absolute Gasteiger partial charge is 0.258 e. The largest absolute Gasteiger partial charge is 0.485 e. The van der Waals surface area contributed by atoms with Crippen LogP contribution in [0.3, 0.4) is 0 Å². The van der Waals surface area contributed by atoms with Gasteiger partial charge in [-0.2, -0.15) is 4.98 Å². The minimum absolute atomic E-state index is 0.174. The lowest BCUT2D eigenvalue weighted by atomic mass is 10.1. The molecule has 0 saturated carbocycles. The summed E-state index contributed by atoms with van der Waals surface area (Å²) in [6.07, 6.45) is -0.543. The topological polar surface area (TPSA) is 68.4 Å². The highest BCUT2D eigenvalue weighted by Crippen LogP contribution is 2.22. The van der Waals surface area contributed by atoms with E-state index in [1.807, 2.05) is 30.3 Å². The summed E-state index contributed by atoms with van der Waals surface area (Å²) in [6.45, 7) is 1.88. The van der Waals surface area contributed by atoms with E-state index >= 15 is 0 Å². The second-order valence-corrected chi connectivity index (χ2v) is 5.50. The summed E-state index contributed by atoms with van der Waals surface area (Å²) in [7, 11) is 0. The van der Waals surface area contributed by atoms with Crippen LogP contribution in [0.25, 0.3) is 11.5 Å². The van der Waals surface area contributed by atoms with Gasteiger partial charge in [-0.3, -0.25) is 0 Å². The predicted molar refractivity (Wildman–Crippen MR) is 86.2 cm³/mol. The van der Waals surface area contributed by atoms with Crippen LogP contribution in [-0.4, -0.2) is 15.2 Å². The van der Waals surface area contributed by atoms with Gasteiger partial charge in [-0.1, -0.05) is 35.0 Å². The highest BCUT2D eigenvalue weighted by molar-refractivity contribution is 6.30. The lowest BCUT2D eigenvalue weighted by Gasteiger charge is -2.07. The van der Waals surface area contributed by atoms with Gasteiger partial charge in [-0.05, 0) is 42.8 Å². The molecular formula is C17H15ClN2O3. The maximum absolute atomic E-state index is 9.58. The lowest BCUT2D eigenvalue weighted by molar-refractivity contribution is 0.198. The first kappa shape index (κ1) is 15.5. The van der Waals surface area contributed by atoms with Crippen molar-refractivity contribution in [1.29, 1.82) is 0 Å². The lowest BCUT2D eigenvalue weighted by Crippen LogP contribution is -1.99. The normalized spacial score (nSPS) is 12.1. The molecule has 3 rings (SSSR count). The van der Waals surface area contributed by atoms with Crippen molar-refractivity contribution in [2.24, 2.45) is 0 Å². The van der Waals surface area contributed by atoms with E-state index in [1.165, 1.54) is 0 Å². The van der Waals surface area contributed by atoms with Crippen LogP contribution < -0.4 is 4.74 Å². The zero-order valence-corrected chi connectivity index (χ0v) is 13.2. The number of aliphatic hydroxyl groups excluding tert-OH is 1. The molecule has 3 aromatic rings. The number of hydrogen-bond acceptors (Lipinski definition) is 5. The summed E-state index contributed by atoms with van der Waals surface area (Å²) in [5, 5.41) is 14.1. The van der Waals surface area contributed by atoms with Gasteiger partial charge in [0.25, 0.3) is 5.89 Å². The molecule has 1 heterocycles. The van der Waals surface area contributed by atoms with Gasteiger partial charge in [0.1, 0.15) is 5.75 Å². The Morgan fingerprint density at radius 1 is 1.22 bits per heavy atom. The van der Waals surface area contributed by atoms with Gasteiger partial charge in [0.2, 0.25) is 5.82 Å². The van der Waals surface area contributed by atoms with Crippen molar-refractivity contribution in [3.8, 4) is 17.2 Å². The minimum Gasteiger partial charge on any atom is -0.485 e. The van der Waals surface area contributed by atoms with E-state index in [0.717, 1.165) is 11.1 Å². The molecule has 0 aliphatic heterocycles. The van der Waals surface area contributed by atoms with E-state index in [4.69, 9.17) is 20.9 Å². The number of rotatable bonds is 5. The Kier molecular flexibility index (Phi) is 4.60. The van der Waals surface area contributed by atoms with Crippen molar-refractivity contribution >= 4 is 11.6 Å². The fourth-order valence-corrected chi connectivity index (χ4v) is 2.25. The summed E-state index contributed by atoms with van der Waals surface area (Å²) < 4.78 is 10.8. The second-order valence-electron chi connectivity index (χ2n) is 5.06. The molecule has 6 heteroatoms. The maximum Gasteiger partial charge on any atom is 0.258 e. The number of ether oxygens (including phenoxy) is 1. The Bertz CT molecular complexity index is 802. The first-order valence-corrected chi connectivity index (χ1v) is 7.49. The van der Waals surface area contributed by atoms with Crippen molar-refractivity contribution in [1.82, 2.24) is 10.1 Å². The number of halogens is 1. The third-order valence-corrected chi connectivity index (χ3v) is 3.48. The van der Waals surface area contributed by atoms with Gasteiger partial charge >= 0.3 is 0 Å². The molecule has 2 aromatic carbocycles. The molecule has 0 radical (unpaired) electrons. The van der Waals surface area contributed by atoms with Crippen LogP contribution in [0.4, 0.5) is 0 Å². The average Bonchev–Trinajstić information content (AvgIpc) is 3.02. The molecule has 0 saturated heterocycles. The molecule has 0 fully saturated rings. The maximum atomic E-state index is 9.58. The summed E-state index contributed by atoms with van der Waals surface area (Å²) >= 11 is 5.95. The van der Waals surface area contributed by atoms with Gasteiger partial charge < -0.3 is 14.4 Å². The summed E-state index contributed by atoms with van der Waals surface area (Å²) in [6, 6.07) is 14.4. The van der Waals surface area contributed by atoms with Crippen molar-refractivity contribution in [2.75, 3.05) is 0 Å². The summed E-state index contributed by atoms with van der Waals surface area (Å²) in [4.78, 5) is 4.28. The molecule has 118 valence electrons. The van der Waals surface area contributed by atoms with Crippen molar-refractivity contribution in [3.63, 3.8) is 0 Å². The zero-order valence-electron chi connectivity index (χ0n) is 12.4. The van der Waals surface area contributed by atoms with E-state index in [2.05, 4.69) is 10.1 Å².